The molecule has 0 unspecified atom stereocenters. The highest BCUT2D eigenvalue weighted by molar-refractivity contribution is 8.00. The van der Waals surface area contributed by atoms with Gasteiger partial charge >= 0.3 is 12.9 Å². The lowest BCUT2D eigenvalue weighted by atomic mass is 9.64. The zero-order valence-corrected chi connectivity index (χ0v) is 10.4. The van der Waals surface area contributed by atoms with Crippen molar-refractivity contribution < 1.29 is 14.6 Å². The second kappa shape index (κ2) is 5.12. The summed E-state index contributed by atoms with van der Waals surface area (Å²) in [6.45, 7) is 2.49. The van der Waals surface area contributed by atoms with Crippen LogP contribution in [0.2, 0.25) is 6.82 Å². The third-order valence-electron chi connectivity index (χ3n) is 2.79. The molecule has 6 heteroatoms. The van der Waals surface area contributed by atoms with Gasteiger partial charge in [0.1, 0.15) is 0 Å². The van der Waals surface area contributed by atoms with Crippen molar-refractivity contribution in [3.8, 4) is 0 Å². The maximum Gasteiger partial charge on any atom is 0.324 e. The van der Waals surface area contributed by atoms with Gasteiger partial charge in [-0.25, -0.2) is 0 Å². The van der Waals surface area contributed by atoms with Crippen LogP contribution in [0.15, 0.2) is 23.1 Å². The Hall–Kier alpha value is -0.975. The van der Waals surface area contributed by atoms with Crippen LogP contribution in [0.25, 0.3) is 0 Å². The summed E-state index contributed by atoms with van der Waals surface area (Å²) in [4.78, 5) is 11.5. The van der Waals surface area contributed by atoms with Crippen LogP contribution in [0, 0.1) is 0 Å². The fourth-order valence-corrected chi connectivity index (χ4v) is 2.67. The Kier molecular flexibility index (Phi) is 3.76. The third kappa shape index (κ3) is 2.65. The highest BCUT2D eigenvalue weighted by Crippen LogP contribution is 2.26. The molecule has 4 nitrogen and oxygen atoms in total. The number of carboxylic acids is 1. The van der Waals surface area contributed by atoms with E-state index in [1.165, 1.54) is 11.8 Å². The number of aliphatic carboxylic acids is 1. The summed E-state index contributed by atoms with van der Waals surface area (Å²) in [6, 6.07) is 5.92. The average Bonchev–Trinajstić information content (AvgIpc) is 2.63. The smallest absolute Gasteiger partial charge is 0.324 e. The molecule has 1 aliphatic heterocycles. The molecule has 0 radical (unpaired) electrons. The van der Waals surface area contributed by atoms with Crippen LogP contribution in [0.5, 0.6) is 0 Å². The summed E-state index contributed by atoms with van der Waals surface area (Å²) in [5, 5.41) is 8.64. The summed E-state index contributed by atoms with van der Waals surface area (Å²) in [5.41, 5.74) is 7.89. The second-order valence-electron chi connectivity index (χ2n) is 3.98. The summed E-state index contributed by atoms with van der Waals surface area (Å²) >= 11 is 1.32. The van der Waals surface area contributed by atoms with Gasteiger partial charge in [0.25, 0.3) is 0 Å². The van der Waals surface area contributed by atoms with Crippen LogP contribution in [0.1, 0.15) is 11.7 Å². The van der Waals surface area contributed by atoms with Gasteiger partial charge in [-0.2, -0.15) is 0 Å². The van der Waals surface area contributed by atoms with Gasteiger partial charge in [0.2, 0.25) is 0 Å². The van der Waals surface area contributed by atoms with Crippen molar-refractivity contribution in [3.63, 3.8) is 0 Å². The third-order valence-corrected chi connectivity index (χ3v) is 3.77. The normalized spacial score (nSPS) is 18.2. The van der Waals surface area contributed by atoms with Gasteiger partial charge in [-0.15, -0.1) is 11.8 Å². The molecule has 1 aromatic carbocycles. The van der Waals surface area contributed by atoms with Crippen molar-refractivity contribution in [2.24, 2.45) is 5.73 Å². The van der Waals surface area contributed by atoms with Gasteiger partial charge < -0.3 is 15.5 Å². The first-order valence-corrected chi connectivity index (χ1v) is 6.44. The standard InChI is InChI=1S/C11H14BNO3S/c1-12-9-4-7(17-6-11(14)15)2-3-8(9)10(5-13)16-12/h2-4,10H,5-6,13H2,1H3,(H,14,15)/t10-/m0/s1. The quantitative estimate of drug-likeness (QED) is 0.609. The Morgan fingerprint density at radius 2 is 2.41 bits per heavy atom. The lowest BCUT2D eigenvalue weighted by Gasteiger charge is -2.09. The molecule has 90 valence electrons. The predicted molar refractivity (Wildman–Crippen MR) is 68.9 cm³/mol. The molecule has 3 N–H and O–H groups in total. The molecule has 0 bridgehead atoms. The highest BCUT2D eigenvalue weighted by Gasteiger charge is 2.30. The minimum Gasteiger partial charge on any atom is -0.481 e. The first kappa shape index (κ1) is 12.5. The van der Waals surface area contributed by atoms with Crippen LogP contribution in [0.3, 0.4) is 0 Å². The van der Waals surface area contributed by atoms with Crippen LogP contribution < -0.4 is 11.2 Å². The highest BCUT2D eigenvalue weighted by atomic mass is 32.2. The molecule has 2 rings (SSSR count). The van der Waals surface area contributed by atoms with E-state index in [1.807, 2.05) is 25.0 Å². The Morgan fingerprint density at radius 1 is 1.65 bits per heavy atom. The van der Waals surface area contributed by atoms with E-state index in [4.69, 9.17) is 15.5 Å². The number of benzene rings is 1. The second-order valence-corrected chi connectivity index (χ2v) is 5.02. The fraction of sp³-hybridized carbons (Fsp3) is 0.364. The summed E-state index contributed by atoms with van der Waals surface area (Å²) in [7, 11) is 0. The maximum absolute atomic E-state index is 10.5. The molecule has 1 aliphatic rings. The number of nitrogens with two attached hydrogens (primary N) is 1. The molecule has 0 aromatic heterocycles. The van der Waals surface area contributed by atoms with Crippen molar-refractivity contribution in [2.75, 3.05) is 12.3 Å². The van der Waals surface area contributed by atoms with E-state index in [-0.39, 0.29) is 18.8 Å². The number of hydrogen-bond donors (Lipinski definition) is 2. The Balaban J connectivity index is 2.19. The number of thioether (sulfide) groups is 1. The zero-order valence-electron chi connectivity index (χ0n) is 9.55. The monoisotopic (exact) mass is 251 g/mol. The van der Waals surface area contributed by atoms with Crippen LogP contribution in [-0.2, 0) is 9.45 Å². The number of rotatable bonds is 4. The fourth-order valence-electron chi connectivity index (χ4n) is 2.01. The summed E-state index contributed by atoms with van der Waals surface area (Å²) in [5.74, 6) is -0.728. The number of fused-ring (bicyclic) bond motifs is 1. The molecule has 0 amide bonds. The van der Waals surface area contributed by atoms with Crippen LogP contribution >= 0.6 is 11.8 Å². The van der Waals surface area contributed by atoms with E-state index in [1.54, 1.807) is 0 Å². The molecule has 0 saturated carbocycles. The number of carboxylic acid groups (broad SMARTS) is 1. The Morgan fingerprint density at radius 3 is 3.06 bits per heavy atom. The van der Waals surface area contributed by atoms with E-state index >= 15 is 0 Å². The minimum atomic E-state index is -0.806. The van der Waals surface area contributed by atoms with E-state index < -0.39 is 5.97 Å². The lowest BCUT2D eigenvalue weighted by Crippen LogP contribution is -2.24. The summed E-state index contributed by atoms with van der Waals surface area (Å²) in [6.07, 6.45) is -0.0291. The number of hydrogen-bond acceptors (Lipinski definition) is 4. The van der Waals surface area contributed by atoms with E-state index in [0.29, 0.717) is 6.54 Å². The van der Waals surface area contributed by atoms with Crippen molar-refractivity contribution in [2.45, 2.75) is 17.8 Å². The molecule has 0 fully saturated rings. The molecular formula is C11H14BNO3S. The zero-order chi connectivity index (χ0) is 12.4. The Bertz CT molecular complexity index is 441. The minimum absolute atomic E-state index is 0.0291. The molecular weight excluding hydrogens is 237 g/mol. The molecule has 17 heavy (non-hydrogen) atoms. The van der Waals surface area contributed by atoms with Crippen LogP contribution in [-0.4, -0.2) is 30.3 Å². The van der Waals surface area contributed by atoms with Crippen molar-refractivity contribution in [1.29, 1.82) is 0 Å². The predicted octanol–water partition coefficient (Wildman–Crippen LogP) is 0.722. The molecule has 1 heterocycles. The largest absolute Gasteiger partial charge is 0.481 e. The lowest BCUT2D eigenvalue weighted by molar-refractivity contribution is -0.133. The topological polar surface area (TPSA) is 72.5 Å². The van der Waals surface area contributed by atoms with Crippen molar-refractivity contribution in [3.05, 3.63) is 23.8 Å². The van der Waals surface area contributed by atoms with Gasteiger partial charge in [0.15, 0.2) is 0 Å². The van der Waals surface area contributed by atoms with Gasteiger partial charge in [0.05, 0.1) is 11.9 Å². The van der Waals surface area contributed by atoms with Crippen LogP contribution in [0.4, 0.5) is 0 Å². The Labute approximate surface area is 105 Å². The first-order valence-electron chi connectivity index (χ1n) is 5.45. The van der Waals surface area contributed by atoms with Gasteiger partial charge in [-0.3, -0.25) is 4.79 Å². The molecule has 0 saturated heterocycles. The van der Waals surface area contributed by atoms with Gasteiger partial charge in [0, 0.05) is 11.4 Å². The number of carbonyl (C=O) groups is 1. The van der Waals surface area contributed by atoms with E-state index in [0.717, 1.165) is 15.9 Å². The first-order chi connectivity index (χ1) is 8.11. The SMILES string of the molecule is CB1O[C@@H](CN)c2ccc(SCC(=O)O)cc21. The molecule has 0 spiro atoms. The molecule has 1 atom stereocenters. The van der Waals surface area contributed by atoms with Crippen molar-refractivity contribution >= 4 is 30.1 Å². The average molecular weight is 251 g/mol. The van der Waals surface area contributed by atoms with Gasteiger partial charge in [-0.05, 0) is 17.1 Å². The van der Waals surface area contributed by atoms with Gasteiger partial charge in [-0.1, -0.05) is 19.0 Å². The maximum atomic E-state index is 10.5. The molecule has 1 aromatic rings. The van der Waals surface area contributed by atoms with E-state index in [2.05, 4.69) is 0 Å². The van der Waals surface area contributed by atoms with Crippen molar-refractivity contribution in [1.82, 2.24) is 0 Å². The molecule has 0 aliphatic carbocycles. The van der Waals surface area contributed by atoms with E-state index in [9.17, 15) is 4.79 Å². The summed E-state index contributed by atoms with van der Waals surface area (Å²) < 4.78 is 5.71.